The predicted octanol–water partition coefficient (Wildman–Crippen LogP) is 2.02. The van der Waals surface area contributed by atoms with Crippen LogP contribution >= 0.6 is 0 Å². The van der Waals surface area contributed by atoms with Crippen molar-refractivity contribution >= 4 is 17.7 Å². The highest BCUT2D eigenvalue weighted by Gasteiger charge is 2.43. The lowest BCUT2D eigenvalue weighted by Gasteiger charge is -2.44. The molecule has 1 aliphatic carbocycles. The first-order chi connectivity index (χ1) is 8.66. The van der Waals surface area contributed by atoms with Gasteiger partial charge in [0.15, 0.2) is 6.29 Å². The average molecular weight is 244 g/mol. The van der Waals surface area contributed by atoms with Crippen LogP contribution in [0.25, 0.3) is 0 Å². The standard InChI is InChI=1S/C13H12N2O3/c16-7-12-10-6-9(15(17)18)2-3-11(10)13(8-14-12)4-1-5-13/h2-3,6-7H,1,4-5,8H2. The number of carbonyl (C=O) groups is 1. The van der Waals surface area contributed by atoms with Gasteiger partial charge in [-0.2, -0.15) is 0 Å². The molecule has 1 aliphatic heterocycles. The molecule has 0 unspecified atom stereocenters. The molecule has 0 amide bonds. The third kappa shape index (κ3) is 1.40. The van der Waals surface area contributed by atoms with Crippen molar-refractivity contribution in [3.8, 4) is 0 Å². The maximum absolute atomic E-state index is 11.0. The average Bonchev–Trinajstić information content (AvgIpc) is 2.34. The monoisotopic (exact) mass is 244 g/mol. The van der Waals surface area contributed by atoms with Crippen LogP contribution in [0.3, 0.4) is 0 Å². The third-order valence-corrected chi connectivity index (χ3v) is 4.04. The Morgan fingerprint density at radius 2 is 2.17 bits per heavy atom. The zero-order chi connectivity index (χ0) is 12.8. The molecule has 0 atom stereocenters. The van der Waals surface area contributed by atoms with Crippen molar-refractivity contribution in [3.63, 3.8) is 0 Å². The molecule has 5 heteroatoms. The molecule has 1 saturated carbocycles. The summed E-state index contributed by atoms with van der Waals surface area (Å²) < 4.78 is 0. The van der Waals surface area contributed by atoms with E-state index < -0.39 is 4.92 Å². The maximum atomic E-state index is 11.0. The van der Waals surface area contributed by atoms with Crippen molar-refractivity contribution < 1.29 is 9.72 Å². The molecule has 92 valence electrons. The molecule has 0 bridgehead atoms. The van der Waals surface area contributed by atoms with Crippen LogP contribution in [0.5, 0.6) is 0 Å². The summed E-state index contributed by atoms with van der Waals surface area (Å²) in [5.74, 6) is 0. The summed E-state index contributed by atoms with van der Waals surface area (Å²) in [4.78, 5) is 25.7. The fourth-order valence-electron chi connectivity index (χ4n) is 2.86. The van der Waals surface area contributed by atoms with Gasteiger partial charge in [0.2, 0.25) is 0 Å². The molecular weight excluding hydrogens is 232 g/mol. The predicted molar refractivity (Wildman–Crippen MR) is 66.1 cm³/mol. The number of hydrogen-bond donors (Lipinski definition) is 0. The Morgan fingerprint density at radius 3 is 2.72 bits per heavy atom. The summed E-state index contributed by atoms with van der Waals surface area (Å²) in [7, 11) is 0. The van der Waals surface area contributed by atoms with Gasteiger partial charge < -0.3 is 0 Å². The van der Waals surface area contributed by atoms with E-state index in [2.05, 4.69) is 4.99 Å². The van der Waals surface area contributed by atoms with E-state index in [9.17, 15) is 14.9 Å². The fourth-order valence-corrected chi connectivity index (χ4v) is 2.86. The van der Waals surface area contributed by atoms with Gasteiger partial charge in [-0.15, -0.1) is 0 Å². The van der Waals surface area contributed by atoms with E-state index in [-0.39, 0.29) is 11.1 Å². The smallest absolute Gasteiger partial charge is 0.270 e. The Hall–Kier alpha value is -2.04. The van der Waals surface area contributed by atoms with Crippen LogP contribution < -0.4 is 0 Å². The summed E-state index contributed by atoms with van der Waals surface area (Å²) in [6.45, 7) is 0.631. The minimum atomic E-state index is -0.440. The van der Waals surface area contributed by atoms with Gasteiger partial charge in [-0.05, 0) is 18.4 Å². The second-order valence-electron chi connectivity index (χ2n) is 4.94. The molecule has 0 aromatic heterocycles. The first-order valence-corrected chi connectivity index (χ1v) is 5.95. The first-order valence-electron chi connectivity index (χ1n) is 5.95. The topological polar surface area (TPSA) is 72.6 Å². The van der Waals surface area contributed by atoms with Crippen LogP contribution in [0, 0.1) is 10.1 Å². The van der Waals surface area contributed by atoms with E-state index in [1.54, 1.807) is 6.07 Å². The number of fused-ring (bicyclic) bond motifs is 2. The number of nitro benzene ring substituents is 1. The maximum Gasteiger partial charge on any atom is 0.270 e. The van der Waals surface area contributed by atoms with E-state index in [0.29, 0.717) is 24.1 Å². The van der Waals surface area contributed by atoms with Gasteiger partial charge in [-0.25, -0.2) is 0 Å². The Balaban J connectivity index is 2.17. The quantitative estimate of drug-likeness (QED) is 0.454. The van der Waals surface area contributed by atoms with E-state index in [1.165, 1.54) is 12.1 Å². The van der Waals surface area contributed by atoms with Crippen LogP contribution in [0.4, 0.5) is 5.69 Å². The first kappa shape index (κ1) is 11.1. The van der Waals surface area contributed by atoms with Gasteiger partial charge in [0.05, 0.1) is 4.92 Å². The molecule has 2 aliphatic rings. The number of non-ortho nitro benzene ring substituents is 1. The Labute approximate surface area is 104 Å². The molecular formula is C13H12N2O3. The molecule has 5 nitrogen and oxygen atoms in total. The highest BCUT2D eigenvalue weighted by Crippen LogP contribution is 2.47. The van der Waals surface area contributed by atoms with Crippen LogP contribution in [0.2, 0.25) is 0 Å². The molecule has 1 aromatic carbocycles. The van der Waals surface area contributed by atoms with Crippen molar-refractivity contribution in [3.05, 3.63) is 39.4 Å². The van der Waals surface area contributed by atoms with Crippen molar-refractivity contribution in [2.24, 2.45) is 4.99 Å². The molecule has 18 heavy (non-hydrogen) atoms. The Kier molecular flexibility index (Phi) is 2.29. The van der Waals surface area contributed by atoms with Gasteiger partial charge >= 0.3 is 0 Å². The van der Waals surface area contributed by atoms with Crippen LogP contribution in [0.15, 0.2) is 23.2 Å². The lowest BCUT2D eigenvalue weighted by molar-refractivity contribution is -0.384. The zero-order valence-corrected chi connectivity index (χ0v) is 9.76. The number of benzene rings is 1. The number of aliphatic imine (C=N–C) groups is 1. The molecule has 0 saturated heterocycles. The van der Waals surface area contributed by atoms with Crippen molar-refractivity contribution in [2.45, 2.75) is 24.7 Å². The minimum Gasteiger partial charge on any atom is -0.296 e. The highest BCUT2D eigenvalue weighted by atomic mass is 16.6. The molecule has 3 rings (SSSR count). The SMILES string of the molecule is O=CC1=NCC2(CCC2)c2ccc([N+](=O)[O-])cc21. The number of nitrogens with zero attached hydrogens (tertiary/aromatic N) is 2. The van der Waals surface area contributed by atoms with Crippen LogP contribution in [-0.4, -0.2) is 23.5 Å². The number of aldehydes is 1. The van der Waals surface area contributed by atoms with Crippen molar-refractivity contribution in [2.75, 3.05) is 6.54 Å². The summed E-state index contributed by atoms with van der Waals surface area (Å²) in [5, 5.41) is 10.8. The molecule has 1 spiro atoms. The Bertz CT molecular complexity index is 574. The number of rotatable bonds is 2. The summed E-state index contributed by atoms with van der Waals surface area (Å²) >= 11 is 0. The lowest BCUT2D eigenvalue weighted by atomic mass is 9.62. The van der Waals surface area contributed by atoms with Gasteiger partial charge in [0, 0.05) is 29.7 Å². The van der Waals surface area contributed by atoms with Crippen LogP contribution in [0.1, 0.15) is 30.4 Å². The highest BCUT2D eigenvalue weighted by molar-refractivity contribution is 6.37. The Morgan fingerprint density at radius 1 is 1.39 bits per heavy atom. The van der Waals surface area contributed by atoms with Gasteiger partial charge in [-0.3, -0.25) is 19.9 Å². The summed E-state index contributed by atoms with van der Waals surface area (Å²) in [5.41, 5.74) is 2.07. The van der Waals surface area contributed by atoms with Gasteiger partial charge in [-0.1, -0.05) is 12.5 Å². The van der Waals surface area contributed by atoms with Crippen LogP contribution in [-0.2, 0) is 10.2 Å². The second-order valence-corrected chi connectivity index (χ2v) is 4.94. The number of carbonyl (C=O) groups excluding carboxylic acids is 1. The number of nitro groups is 1. The van der Waals surface area contributed by atoms with Crippen molar-refractivity contribution in [1.29, 1.82) is 0 Å². The van der Waals surface area contributed by atoms with E-state index in [4.69, 9.17) is 0 Å². The lowest BCUT2D eigenvalue weighted by Crippen LogP contribution is -2.41. The third-order valence-electron chi connectivity index (χ3n) is 4.04. The van der Waals surface area contributed by atoms with Crippen molar-refractivity contribution in [1.82, 2.24) is 0 Å². The van der Waals surface area contributed by atoms with E-state index in [1.807, 2.05) is 0 Å². The molecule has 1 fully saturated rings. The molecule has 0 radical (unpaired) electrons. The van der Waals surface area contributed by atoms with Gasteiger partial charge in [0.1, 0.15) is 5.71 Å². The van der Waals surface area contributed by atoms with E-state index in [0.717, 1.165) is 24.8 Å². The molecule has 1 heterocycles. The molecule has 1 aromatic rings. The number of hydrogen-bond acceptors (Lipinski definition) is 4. The van der Waals surface area contributed by atoms with E-state index >= 15 is 0 Å². The summed E-state index contributed by atoms with van der Waals surface area (Å²) in [6, 6.07) is 4.79. The summed E-state index contributed by atoms with van der Waals surface area (Å²) in [6.07, 6.45) is 3.94. The molecule has 0 N–H and O–H groups in total. The minimum absolute atomic E-state index is 0.0136. The fraction of sp³-hybridized carbons (Fsp3) is 0.385. The van der Waals surface area contributed by atoms with Gasteiger partial charge in [0.25, 0.3) is 5.69 Å². The largest absolute Gasteiger partial charge is 0.296 e. The second kappa shape index (κ2) is 3.73. The zero-order valence-electron chi connectivity index (χ0n) is 9.76. The normalized spacial score (nSPS) is 19.7.